The van der Waals surface area contributed by atoms with Crippen molar-refractivity contribution < 1.29 is 9.59 Å². The molecule has 28 heavy (non-hydrogen) atoms. The van der Waals surface area contributed by atoms with Gasteiger partial charge in [-0.15, -0.1) is 0 Å². The molecule has 1 N–H and O–H groups in total. The number of carbonyl (C=O) groups excluding carboxylic acids is 2. The summed E-state index contributed by atoms with van der Waals surface area (Å²) in [5, 5.41) is 3.01. The fraction of sp³-hybridized carbons (Fsp3) is 0.318. The van der Waals surface area contributed by atoms with Gasteiger partial charge in [0.2, 0.25) is 0 Å². The average molecular weight is 376 g/mol. The van der Waals surface area contributed by atoms with Crippen LogP contribution in [0.2, 0.25) is 0 Å². The van der Waals surface area contributed by atoms with Crippen molar-refractivity contribution in [1.29, 1.82) is 0 Å². The lowest BCUT2D eigenvalue weighted by atomic mass is 9.91. The largest absolute Gasteiger partial charge is 0.333 e. The Morgan fingerprint density at radius 3 is 2.71 bits per heavy atom. The van der Waals surface area contributed by atoms with Crippen LogP contribution < -0.4 is 5.32 Å². The van der Waals surface area contributed by atoms with Gasteiger partial charge in [-0.1, -0.05) is 29.8 Å². The molecule has 0 unspecified atom stereocenters. The molecule has 1 atom stereocenters. The fourth-order valence-electron chi connectivity index (χ4n) is 3.98. The van der Waals surface area contributed by atoms with Gasteiger partial charge in [-0.25, -0.2) is 4.79 Å². The minimum absolute atomic E-state index is 0.0113. The SMILES string of the molecule is Cc1ccc([C@H]2NC(=O)N(C)C3=C2C(=O)N(CCc2ccccn2)C3)c(C)c1. The summed E-state index contributed by atoms with van der Waals surface area (Å²) in [6, 6.07) is 11.3. The van der Waals surface area contributed by atoms with Crippen LogP contribution in [-0.4, -0.2) is 46.9 Å². The van der Waals surface area contributed by atoms with Crippen molar-refractivity contribution in [2.24, 2.45) is 0 Å². The number of hydrogen-bond acceptors (Lipinski definition) is 3. The molecule has 1 aromatic heterocycles. The summed E-state index contributed by atoms with van der Waals surface area (Å²) in [5.41, 5.74) is 5.62. The Hall–Kier alpha value is -3.15. The van der Waals surface area contributed by atoms with Crippen molar-refractivity contribution in [3.63, 3.8) is 0 Å². The van der Waals surface area contributed by atoms with Gasteiger partial charge in [-0.3, -0.25) is 14.7 Å². The van der Waals surface area contributed by atoms with Gasteiger partial charge in [-0.05, 0) is 37.1 Å². The number of likely N-dealkylation sites (N-methyl/N-ethyl adjacent to an activating group) is 1. The van der Waals surface area contributed by atoms with Crippen molar-refractivity contribution in [3.05, 3.63) is 76.2 Å². The molecule has 3 amide bonds. The number of carbonyl (C=O) groups is 2. The Morgan fingerprint density at radius 1 is 1.18 bits per heavy atom. The third-order valence-corrected chi connectivity index (χ3v) is 5.54. The number of benzene rings is 1. The van der Waals surface area contributed by atoms with Gasteiger partial charge < -0.3 is 10.2 Å². The van der Waals surface area contributed by atoms with Crippen LogP contribution in [0.5, 0.6) is 0 Å². The topological polar surface area (TPSA) is 65.5 Å². The van der Waals surface area contributed by atoms with Gasteiger partial charge in [0.25, 0.3) is 5.91 Å². The second-order valence-electron chi connectivity index (χ2n) is 7.46. The fourth-order valence-corrected chi connectivity index (χ4v) is 3.98. The van der Waals surface area contributed by atoms with Gasteiger partial charge in [0.05, 0.1) is 23.9 Å². The van der Waals surface area contributed by atoms with E-state index in [-0.39, 0.29) is 11.9 Å². The molecule has 0 aliphatic carbocycles. The summed E-state index contributed by atoms with van der Waals surface area (Å²) < 4.78 is 0. The Kier molecular flexibility index (Phi) is 4.63. The van der Waals surface area contributed by atoms with Crippen LogP contribution in [0.4, 0.5) is 4.79 Å². The molecule has 0 bridgehead atoms. The highest BCUT2D eigenvalue weighted by Gasteiger charge is 2.43. The van der Waals surface area contributed by atoms with Crippen LogP contribution in [-0.2, 0) is 11.2 Å². The molecule has 0 saturated heterocycles. The van der Waals surface area contributed by atoms with E-state index in [1.54, 1.807) is 18.1 Å². The minimum atomic E-state index is -0.411. The molecule has 2 aromatic rings. The molecular formula is C22H24N4O2. The molecule has 2 aliphatic rings. The Labute approximate surface area is 164 Å². The molecule has 4 rings (SSSR count). The summed E-state index contributed by atoms with van der Waals surface area (Å²) in [4.78, 5) is 33.5. The number of urea groups is 1. The van der Waals surface area contributed by atoms with Crippen LogP contribution in [0, 0.1) is 13.8 Å². The summed E-state index contributed by atoms with van der Waals surface area (Å²) in [5.74, 6) is -0.0113. The number of aromatic nitrogens is 1. The molecule has 0 fully saturated rings. The van der Waals surface area contributed by atoms with E-state index >= 15 is 0 Å². The van der Waals surface area contributed by atoms with Gasteiger partial charge in [0, 0.05) is 31.9 Å². The van der Waals surface area contributed by atoms with Crippen molar-refractivity contribution in [3.8, 4) is 0 Å². The quantitative estimate of drug-likeness (QED) is 0.892. The van der Waals surface area contributed by atoms with E-state index in [9.17, 15) is 9.59 Å². The van der Waals surface area contributed by atoms with E-state index in [4.69, 9.17) is 0 Å². The second-order valence-corrected chi connectivity index (χ2v) is 7.46. The number of pyridine rings is 1. The van der Waals surface area contributed by atoms with Crippen molar-refractivity contribution in [2.75, 3.05) is 20.1 Å². The maximum absolute atomic E-state index is 13.2. The summed E-state index contributed by atoms with van der Waals surface area (Å²) in [7, 11) is 1.72. The highest BCUT2D eigenvalue weighted by atomic mass is 16.2. The number of rotatable bonds is 4. The molecule has 0 radical (unpaired) electrons. The molecule has 0 spiro atoms. The minimum Gasteiger partial charge on any atom is -0.333 e. The van der Waals surface area contributed by atoms with Crippen LogP contribution in [0.15, 0.2) is 53.9 Å². The average Bonchev–Trinajstić information content (AvgIpc) is 3.01. The molecule has 6 nitrogen and oxygen atoms in total. The lowest BCUT2D eigenvalue weighted by Gasteiger charge is -2.31. The first-order valence-electron chi connectivity index (χ1n) is 9.49. The standard InChI is InChI=1S/C22H24N4O2/c1-14-7-8-17(15(2)12-14)20-19-18(25(3)22(28)24-20)13-26(21(19)27)11-9-16-6-4-5-10-23-16/h4-8,10,12,20H,9,11,13H2,1-3H3,(H,24,28)/t20-/m1/s1. The molecule has 2 aliphatic heterocycles. The molecule has 1 aromatic carbocycles. The van der Waals surface area contributed by atoms with Crippen LogP contribution in [0.25, 0.3) is 0 Å². The first kappa shape index (κ1) is 18.2. The van der Waals surface area contributed by atoms with E-state index in [1.807, 2.05) is 49.1 Å². The molecule has 6 heteroatoms. The predicted molar refractivity (Wildman–Crippen MR) is 106 cm³/mol. The highest BCUT2D eigenvalue weighted by molar-refractivity contribution is 6.01. The van der Waals surface area contributed by atoms with Gasteiger partial charge in [0.1, 0.15) is 0 Å². The molecule has 0 saturated carbocycles. The van der Waals surface area contributed by atoms with Crippen LogP contribution >= 0.6 is 0 Å². The third-order valence-electron chi connectivity index (χ3n) is 5.54. The Balaban J connectivity index is 1.62. The lowest BCUT2D eigenvalue weighted by molar-refractivity contribution is -0.125. The maximum Gasteiger partial charge on any atom is 0.322 e. The second kappa shape index (κ2) is 7.11. The number of nitrogens with one attached hydrogen (secondary N) is 1. The molecular weight excluding hydrogens is 352 g/mol. The monoisotopic (exact) mass is 376 g/mol. The zero-order valence-electron chi connectivity index (χ0n) is 16.4. The van der Waals surface area contributed by atoms with Crippen LogP contribution in [0.3, 0.4) is 0 Å². The Morgan fingerprint density at radius 2 is 2.00 bits per heavy atom. The predicted octanol–water partition coefficient (Wildman–Crippen LogP) is 2.73. The smallest absolute Gasteiger partial charge is 0.322 e. The number of hydrogen-bond donors (Lipinski definition) is 1. The summed E-state index contributed by atoms with van der Waals surface area (Å²) in [6.45, 7) is 5.08. The number of nitrogens with zero attached hydrogens (tertiary/aromatic N) is 3. The first-order valence-corrected chi connectivity index (χ1v) is 9.49. The van der Waals surface area contributed by atoms with Crippen molar-refractivity contribution >= 4 is 11.9 Å². The number of aryl methyl sites for hydroxylation is 2. The zero-order valence-corrected chi connectivity index (χ0v) is 16.4. The van der Waals surface area contributed by atoms with Gasteiger partial charge in [0.15, 0.2) is 0 Å². The van der Waals surface area contributed by atoms with Gasteiger partial charge in [-0.2, -0.15) is 0 Å². The maximum atomic E-state index is 13.2. The van der Waals surface area contributed by atoms with E-state index in [0.29, 0.717) is 25.1 Å². The Bertz CT molecular complexity index is 968. The normalized spacial score (nSPS) is 19.2. The van der Waals surface area contributed by atoms with E-state index < -0.39 is 6.04 Å². The van der Waals surface area contributed by atoms with Crippen molar-refractivity contribution in [2.45, 2.75) is 26.3 Å². The zero-order chi connectivity index (χ0) is 19.8. The van der Waals surface area contributed by atoms with Crippen LogP contribution in [0.1, 0.15) is 28.4 Å². The van der Waals surface area contributed by atoms with Gasteiger partial charge >= 0.3 is 6.03 Å². The van der Waals surface area contributed by atoms with Crippen molar-refractivity contribution in [1.82, 2.24) is 20.1 Å². The molecule has 144 valence electrons. The van der Waals surface area contributed by atoms with E-state index in [1.165, 1.54) is 0 Å². The first-order chi connectivity index (χ1) is 13.5. The number of amides is 3. The highest BCUT2D eigenvalue weighted by Crippen LogP contribution is 2.36. The summed E-state index contributed by atoms with van der Waals surface area (Å²) in [6.07, 6.45) is 2.45. The van der Waals surface area contributed by atoms with E-state index in [2.05, 4.69) is 16.4 Å². The third kappa shape index (κ3) is 3.15. The summed E-state index contributed by atoms with van der Waals surface area (Å²) >= 11 is 0. The van der Waals surface area contributed by atoms with E-state index in [0.717, 1.165) is 28.1 Å². The lowest BCUT2D eigenvalue weighted by Crippen LogP contribution is -2.45. The molecule has 3 heterocycles.